The van der Waals surface area contributed by atoms with Gasteiger partial charge in [-0.3, -0.25) is 9.59 Å². The Kier molecular flexibility index (Phi) is 5.50. The van der Waals surface area contributed by atoms with E-state index in [0.29, 0.717) is 13.0 Å². The fourth-order valence-corrected chi connectivity index (χ4v) is 2.21. The zero-order chi connectivity index (χ0) is 12.0. The predicted octanol–water partition coefficient (Wildman–Crippen LogP) is 2.73. The van der Waals surface area contributed by atoms with Crippen LogP contribution in [0.2, 0.25) is 0 Å². The monoisotopic (exact) mass is 226 g/mol. The number of unbranched alkanes of at least 4 members (excludes halogenated alkanes) is 1. The van der Waals surface area contributed by atoms with Gasteiger partial charge in [0, 0.05) is 5.92 Å². The van der Waals surface area contributed by atoms with Crippen molar-refractivity contribution in [1.29, 1.82) is 0 Å². The molecule has 0 radical (unpaired) electrons. The van der Waals surface area contributed by atoms with Crippen LogP contribution < -0.4 is 0 Å². The van der Waals surface area contributed by atoms with E-state index in [4.69, 9.17) is 4.74 Å². The molecular weight excluding hydrogens is 204 g/mol. The molecule has 3 heteroatoms. The third-order valence-corrected chi connectivity index (χ3v) is 3.32. The number of carbonyl (C=O) groups excluding carboxylic acids is 2. The van der Waals surface area contributed by atoms with E-state index in [2.05, 4.69) is 6.92 Å². The van der Waals surface area contributed by atoms with Gasteiger partial charge in [0.2, 0.25) is 0 Å². The molecule has 0 amide bonds. The maximum Gasteiger partial charge on any atom is 0.308 e. The molecule has 1 rings (SSSR count). The van der Waals surface area contributed by atoms with Gasteiger partial charge in [0.05, 0.1) is 12.5 Å². The second-order valence-corrected chi connectivity index (χ2v) is 4.69. The summed E-state index contributed by atoms with van der Waals surface area (Å²) < 4.78 is 5.20. The maximum atomic E-state index is 11.7. The SMILES string of the molecule is CCCCOC(=O)C1CCCC(C(C)=O)C1. The molecule has 1 fully saturated rings. The van der Waals surface area contributed by atoms with Crippen molar-refractivity contribution in [2.75, 3.05) is 6.61 Å². The summed E-state index contributed by atoms with van der Waals surface area (Å²) in [6.07, 6.45) is 5.45. The molecule has 1 saturated carbocycles. The van der Waals surface area contributed by atoms with Gasteiger partial charge in [0.1, 0.15) is 5.78 Å². The Hall–Kier alpha value is -0.860. The van der Waals surface area contributed by atoms with Crippen molar-refractivity contribution in [2.45, 2.75) is 52.4 Å². The summed E-state index contributed by atoms with van der Waals surface area (Å²) in [5, 5.41) is 0. The van der Waals surface area contributed by atoms with Crippen molar-refractivity contribution in [3.05, 3.63) is 0 Å². The van der Waals surface area contributed by atoms with Crippen molar-refractivity contribution in [3.63, 3.8) is 0 Å². The van der Waals surface area contributed by atoms with Gasteiger partial charge in [0.25, 0.3) is 0 Å². The molecule has 92 valence electrons. The van der Waals surface area contributed by atoms with Crippen LogP contribution in [-0.2, 0) is 14.3 Å². The first kappa shape index (κ1) is 13.2. The largest absolute Gasteiger partial charge is 0.465 e. The normalized spacial score (nSPS) is 25.1. The molecule has 2 atom stereocenters. The Morgan fingerprint density at radius 3 is 2.56 bits per heavy atom. The van der Waals surface area contributed by atoms with E-state index >= 15 is 0 Å². The number of Topliss-reactive ketones (excluding diaryl/α,β-unsaturated/α-hetero) is 1. The summed E-state index contributed by atoms with van der Waals surface area (Å²) >= 11 is 0. The molecule has 0 aliphatic heterocycles. The average Bonchev–Trinajstić information content (AvgIpc) is 2.29. The van der Waals surface area contributed by atoms with Crippen molar-refractivity contribution < 1.29 is 14.3 Å². The number of esters is 1. The van der Waals surface area contributed by atoms with Crippen LogP contribution in [0.1, 0.15) is 52.4 Å². The second kappa shape index (κ2) is 6.66. The molecule has 0 aromatic heterocycles. The first-order chi connectivity index (χ1) is 7.65. The molecule has 2 unspecified atom stereocenters. The van der Waals surface area contributed by atoms with E-state index in [-0.39, 0.29) is 23.6 Å². The van der Waals surface area contributed by atoms with Gasteiger partial charge < -0.3 is 4.74 Å². The zero-order valence-corrected chi connectivity index (χ0v) is 10.3. The van der Waals surface area contributed by atoms with E-state index in [1.807, 2.05) is 0 Å². The topological polar surface area (TPSA) is 43.4 Å². The van der Waals surface area contributed by atoms with Gasteiger partial charge in [-0.2, -0.15) is 0 Å². The molecule has 0 spiro atoms. The number of hydrogen-bond donors (Lipinski definition) is 0. The van der Waals surface area contributed by atoms with Gasteiger partial charge in [-0.15, -0.1) is 0 Å². The van der Waals surface area contributed by atoms with Crippen LogP contribution in [0.4, 0.5) is 0 Å². The Labute approximate surface area is 97.5 Å². The molecule has 0 aromatic rings. The molecule has 0 aromatic carbocycles. The van der Waals surface area contributed by atoms with Crippen molar-refractivity contribution in [3.8, 4) is 0 Å². The molecule has 0 saturated heterocycles. The summed E-state index contributed by atoms with van der Waals surface area (Å²) in [4.78, 5) is 23.0. The first-order valence-corrected chi connectivity index (χ1v) is 6.32. The summed E-state index contributed by atoms with van der Waals surface area (Å²) in [5.41, 5.74) is 0. The summed E-state index contributed by atoms with van der Waals surface area (Å²) in [5.74, 6) is 0.155. The summed E-state index contributed by atoms with van der Waals surface area (Å²) in [6.45, 7) is 4.21. The first-order valence-electron chi connectivity index (χ1n) is 6.32. The number of ether oxygens (including phenoxy) is 1. The Balaban J connectivity index is 2.35. The number of carbonyl (C=O) groups is 2. The van der Waals surface area contributed by atoms with E-state index in [1.54, 1.807) is 6.92 Å². The Bertz CT molecular complexity index is 248. The van der Waals surface area contributed by atoms with Crippen LogP contribution in [0.3, 0.4) is 0 Å². The molecule has 0 heterocycles. The van der Waals surface area contributed by atoms with Gasteiger partial charge in [-0.1, -0.05) is 19.8 Å². The van der Waals surface area contributed by atoms with Crippen molar-refractivity contribution in [1.82, 2.24) is 0 Å². The number of ketones is 1. The maximum absolute atomic E-state index is 11.7. The summed E-state index contributed by atoms with van der Waals surface area (Å²) in [6, 6.07) is 0. The lowest BCUT2D eigenvalue weighted by molar-refractivity contribution is -0.150. The fraction of sp³-hybridized carbons (Fsp3) is 0.846. The molecule has 0 bridgehead atoms. The molecule has 0 N–H and O–H groups in total. The highest BCUT2D eigenvalue weighted by Gasteiger charge is 2.30. The van der Waals surface area contributed by atoms with Crippen LogP contribution >= 0.6 is 0 Å². The van der Waals surface area contributed by atoms with Crippen LogP contribution in [0, 0.1) is 11.8 Å². The standard InChI is InChI=1S/C13H22O3/c1-3-4-8-16-13(15)12-7-5-6-11(9-12)10(2)14/h11-12H,3-9H2,1-2H3. The minimum atomic E-state index is -0.0978. The molecular formula is C13H22O3. The number of hydrogen-bond acceptors (Lipinski definition) is 3. The molecule has 1 aliphatic rings. The fourth-order valence-electron chi connectivity index (χ4n) is 2.21. The molecule has 1 aliphatic carbocycles. The highest BCUT2D eigenvalue weighted by Crippen LogP contribution is 2.30. The zero-order valence-electron chi connectivity index (χ0n) is 10.3. The highest BCUT2D eigenvalue weighted by molar-refractivity contribution is 5.80. The van der Waals surface area contributed by atoms with E-state index < -0.39 is 0 Å². The Morgan fingerprint density at radius 2 is 1.94 bits per heavy atom. The van der Waals surface area contributed by atoms with E-state index in [9.17, 15) is 9.59 Å². The van der Waals surface area contributed by atoms with Crippen molar-refractivity contribution in [2.24, 2.45) is 11.8 Å². The Morgan fingerprint density at radius 1 is 1.25 bits per heavy atom. The van der Waals surface area contributed by atoms with Gasteiger partial charge in [-0.25, -0.2) is 0 Å². The van der Waals surface area contributed by atoms with Crippen LogP contribution in [-0.4, -0.2) is 18.4 Å². The van der Waals surface area contributed by atoms with Gasteiger partial charge >= 0.3 is 5.97 Å². The predicted molar refractivity (Wildman–Crippen MR) is 62.0 cm³/mol. The summed E-state index contributed by atoms with van der Waals surface area (Å²) in [7, 11) is 0. The van der Waals surface area contributed by atoms with Gasteiger partial charge in [-0.05, 0) is 32.6 Å². The van der Waals surface area contributed by atoms with Crippen LogP contribution in [0.25, 0.3) is 0 Å². The van der Waals surface area contributed by atoms with E-state index in [0.717, 1.165) is 32.1 Å². The number of rotatable bonds is 5. The van der Waals surface area contributed by atoms with E-state index in [1.165, 1.54) is 0 Å². The van der Waals surface area contributed by atoms with Gasteiger partial charge in [0.15, 0.2) is 0 Å². The minimum absolute atomic E-state index is 0.0421. The highest BCUT2D eigenvalue weighted by atomic mass is 16.5. The minimum Gasteiger partial charge on any atom is -0.465 e. The van der Waals surface area contributed by atoms with Crippen LogP contribution in [0.15, 0.2) is 0 Å². The molecule has 3 nitrogen and oxygen atoms in total. The third-order valence-electron chi connectivity index (χ3n) is 3.32. The quantitative estimate of drug-likeness (QED) is 0.534. The average molecular weight is 226 g/mol. The smallest absolute Gasteiger partial charge is 0.308 e. The third kappa shape index (κ3) is 3.95. The lowest BCUT2D eigenvalue weighted by atomic mass is 9.80. The second-order valence-electron chi connectivity index (χ2n) is 4.69. The van der Waals surface area contributed by atoms with Crippen molar-refractivity contribution >= 4 is 11.8 Å². The lowest BCUT2D eigenvalue weighted by Gasteiger charge is -2.26. The lowest BCUT2D eigenvalue weighted by Crippen LogP contribution is -2.27. The van der Waals surface area contributed by atoms with Crippen LogP contribution in [0.5, 0.6) is 0 Å². The molecule has 16 heavy (non-hydrogen) atoms.